The first-order valence-corrected chi connectivity index (χ1v) is 10.3. The fraction of sp³-hybridized carbons (Fsp3) is 0.727. The Morgan fingerprint density at radius 1 is 1.15 bits per heavy atom. The molecule has 2 saturated carbocycles. The molecule has 0 amide bonds. The van der Waals surface area contributed by atoms with E-state index in [2.05, 4.69) is 6.92 Å². The van der Waals surface area contributed by atoms with Crippen molar-refractivity contribution >= 4 is 5.97 Å². The molecule has 2 aliphatic rings. The predicted molar refractivity (Wildman–Crippen MR) is 101 cm³/mol. The normalized spacial score (nSPS) is 30.1. The molecule has 0 saturated heterocycles. The molecule has 0 heterocycles. The number of nitrogens with zero attached hydrogens (tertiary/aromatic N) is 1. The van der Waals surface area contributed by atoms with E-state index in [9.17, 15) is 9.18 Å². The average Bonchev–Trinajstić information content (AvgIpc) is 2.68. The quantitative estimate of drug-likeness (QED) is 0.316. The summed E-state index contributed by atoms with van der Waals surface area (Å²) in [4.78, 5) is 12.4. The van der Waals surface area contributed by atoms with E-state index in [0.717, 1.165) is 44.4 Å². The molecule has 144 valence electrons. The molecule has 0 aromatic heterocycles. The molecule has 3 nitrogen and oxygen atoms in total. The van der Waals surface area contributed by atoms with Gasteiger partial charge >= 0.3 is 5.97 Å². The largest absolute Gasteiger partial charge is 0.462 e. The molecule has 0 atom stereocenters. The van der Waals surface area contributed by atoms with Gasteiger partial charge in [0, 0.05) is 0 Å². The van der Waals surface area contributed by atoms with E-state index in [-0.39, 0.29) is 18.0 Å². The molecule has 0 bridgehead atoms. The molecule has 0 unspecified atom stereocenters. The van der Waals surface area contributed by atoms with Gasteiger partial charge in [-0.25, -0.2) is 0 Å². The van der Waals surface area contributed by atoms with Gasteiger partial charge < -0.3 is 4.74 Å². The van der Waals surface area contributed by atoms with Gasteiger partial charge in [-0.15, -0.1) is 0 Å². The van der Waals surface area contributed by atoms with Crippen molar-refractivity contribution in [3.8, 4) is 6.07 Å². The smallest absolute Gasteiger partial charge is 0.309 e. The maximum absolute atomic E-state index is 12.7. The fourth-order valence-corrected chi connectivity index (χ4v) is 4.17. The van der Waals surface area contributed by atoms with Gasteiger partial charge in [-0.05, 0) is 69.3 Å². The zero-order chi connectivity index (χ0) is 18.8. The second-order valence-corrected chi connectivity index (χ2v) is 7.84. The second kappa shape index (κ2) is 11.2. The minimum Gasteiger partial charge on any atom is -0.462 e. The Morgan fingerprint density at radius 2 is 1.85 bits per heavy atom. The number of rotatable bonds is 7. The number of carbonyl (C=O) groups is 1. The van der Waals surface area contributed by atoms with E-state index in [1.807, 2.05) is 6.08 Å². The molecule has 2 rings (SSSR count). The van der Waals surface area contributed by atoms with Crippen LogP contribution in [0.2, 0.25) is 0 Å². The first-order valence-electron chi connectivity index (χ1n) is 10.3. The van der Waals surface area contributed by atoms with Crippen LogP contribution in [0.5, 0.6) is 0 Å². The standard InChI is InChI=1S/C22H32FNO2/c1-2-3-5-17-8-12-19(13-9-17)22(25)26-21-14-10-18(11-15-21)6-4-7-20(23)16-24/h4,6-7,17-19,21H,2-3,5,8-15H2,1H3/b6-4+,20-7?/t17-,18?,19-,21?. The molecule has 4 heteroatoms. The summed E-state index contributed by atoms with van der Waals surface area (Å²) in [7, 11) is 0. The molecule has 0 aromatic rings. The van der Waals surface area contributed by atoms with Crippen LogP contribution in [0.3, 0.4) is 0 Å². The number of esters is 1. The summed E-state index contributed by atoms with van der Waals surface area (Å²) in [6.45, 7) is 2.23. The van der Waals surface area contributed by atoms with Crippen LogP contribution in [0.4, 0.5) is 4.39 Å². The summed E-state index contributed by atoms with van der Waals surface area (Å²) in [6.07, 6.45) is 16.6. The molecule has 0 radical (unpaired) electrons. The molecule has 0 aliphatic heterocycles. The minimum absolute atomic E-state index is 0.0111. The number of hydrogen-bond acceptors (Lipinski definition) is 3. The Morgan fingerprint density at radius 3 is 2.46 bits per heavy atom. The van der Waals surface area contributed by atoms with E-state index in [1.165, 1.54) is 44.2 Å². The van der Waals surface area contributed by atoms with Crippen LogP contribution in [0, 0.1) is 29.1 Å². The number of ether oxygens (including phenoxy) is 1. The zero-order valence-electron chi connectivity index (χ0n) is 16.0. The van der Waals surface area contributed by atoms with Crippen LogP contribution in [-0.2, 0) is 9.53 Å². The molecule has 2 aliphatic carbocycles. The topological polar surface area (TPSA) is 50.1 Å². The number of hydrogen-bond donors (Lipinski definition) is 0. The van der Waals surface area contributed by atoms with Gasteiger partial charge in [0.1, 0.15) is 12.2 Å². The van der Waals surface area contributed by atoms with Crippen molar-refractivity contribution in [1.29, 1.82) is 5.26 Å². The van der Waals surface area contributed by atoms with E-state index in [1.54, 1.807) is 6.08 Å². The molecule has 0 spiro atoms. The Labute approximate surface area is 157 Å². The van der Waals surface area contributed by atoms with E-state index in [4.69, 9.17) is 10.00 Å². The monoisotopic (exact) mass is 361 g/mol. The van der Waals surface area contributed by atoms with Gasteiger partial charge in [-0.1, -0.05) is 38.3 Å². The molecular weight excluding hydrogens is 329 g/mol. The minimum atomic E-state index is -0.770. The predicted octanol–water partition coefficient (Wildman–Crippen LogP) is 6.02. The van der Waals surface area contributed by atoms with Gasteiger partial charge in [-0.3, -0.25) is 4.79 Å². The van der Waals surface area contributed by atoms with Gasteiger partial charge in [0.15, 0.2) is 5.83 Å². The number of halogens is 1. The lowest BCUT2D eigenvalue weighted by molar-refractivity contribution is -0.157. The van der Waals surface area contributed by atoms with Crippen LogP contribution in [0.1, 0.15) is 77.6 Å². The third-order valence-electron chi connectivity index (χ3n) is 5.88. The van der Waals surface area contributed by atoms with Gasteiger partial charge in [0.2, 0.25) is 0 Å². The van der Waals surface area contributed by atoms with E-state index in [0.29, 0.717) is 5.92 Å². The highest BCUT2D eigenvalue weighted by atomic mass is 19.1. The summed E-state index contributed by atoms with van der Waals surface area (Å²) in [5.74, 6) is 0.526. The first kappa shape index (κ1) is 20.7. The van der Waals surface area contributed by atoms with E-state index < -0.39 is 5.83 Å². The molecule has 2 fully saturated rings. The van der Waals surface area contributed by atoms with Crippen molar-refractivity contribution in [2.24, 2.45) is 17.8 Å². The Balaban J connectivity index is 1.66. The van der Waals surface area contributed by atoms with Gasteiger partial charge in [0.05, 0.1) is 5.92 Å². The summed E-state index contributed by atoms with van der Waals surface area (Å²) in [6, 6.07) is 1.46. The van der Waals surface area contributed by atoms with Crippen molar-refractivity contribution in [1.82, 2.24) is 0 Å². The lowest BCUT2D eigenvalue weighted by Crippen LogP contribution is -2.29. The zero-order valence-corrected chi connectivity index (χ0v) is 16.0. The van der Waals surface area contributed by atoms with Crippen molar-refractivity contribution in [2.45, 2.75) is 83.7 Å². The maximum Gasteiger partial charge on any atom is 0.309 e. The SMILES string of the molecule is CCCC[C@H]1CC[C@H](C(=O)OC2CCC(/C=C/C=C(F)C#N)CC2)CC1. The summed E-state index contributed by atoms with van der Waals surface area (Å²) in [5, 5.41) is 8.37. The highest BCUT2D eigenvalue weighted by molar-refractivity contribution is 5.72. The first-order chi connectivity index (χ1) is 12.6. The summed E-state index contributed by atoms with van der Waals surface area (Å²) >= 11 is 0. The van der Waals surface area contributed by atoms with Crippen LogP contribution in [-0.4, -0.2) is 12.1 Å². The molecule has 0 N–H and O–H groups in total. The van der Waals surface area contributed by atoms with Crippen molar-refractivity contribution < 1.29 is 13.9 Å². The highest BCUT2D eigenvalue weighted by Gasteiger charge is 2.30. The van der Waals surface area contributed by atoms with Crippen LogP contribution < -0.4 is 0 Å². The lowest BCUT2D eigenvalue weighted by atomic mass is 9.80. The molecule has 26 heavy (non-hydrogen) atoms. The van der Waals surface area contributed by atoms with E-state index >= 15 is 0 Å². The third-order valence-corrected chi connectivity index (χ3v) is 5.88. The number of nitriles is 1. The van der Waals surface area contributed by atoms with Crippen LogP contribution >= 0.6 is 0 Å². The summed E-state index contributed by atoms with van der Waals surface area (Å²) < 4.78 is 18.5. The Hall–Kier alpha value is -1.63. The van der Waals surface area contributed by atoms with Gasteiger partial charge in [0.25, 0.3) is 0 Å². The summed E-state index contributed by atoms with van der Waals surface area (Å²) in [5.41, 5.74) is 0. The van der Waals surface area contributed by atoms with Crippen molar-refractivity contribution in [3.63, 3.8) is 0 Å². The Kier molecular flexibility index (Phi) is 8.88. The number of unbranched alkanes of at least 4 members (excludes halogenated alkanes) is 1. The average molecular weight is 362 g/mol. The van der Waals surface area contributed by atoms with Crippen molar-refractivity contribution in [3.05, 3.63) is 24.1 Å². The number of carbonyl (C=O) groups excluding carboxylic acids is 1. The molecular formula is C22H32FNO2. The lowest BCUT2D eigenvalue weighted by Gasteiger charge is -2.31. The highest BCUT2D eigenvalue weighted by Crippen LogP contribution is 2.34. The maximum atomic E-state index is 12.7. The third kappa shape index (κ3) is 6.94. The number of allylic oxidation sites excluding steroid dienone is 4. The van der Waals surface area contributed by atoms with Gasteiger partial charge in [-0.2, -0.15) is 9.65 Å². The second-order valence-electron chi connectivity index (χ2n) is 7.84. The molecule has 0 aromatic carbocycles. The van der Waals surface area contributed by atoms with Crippen LogP contribution in [0.15, 0.2) is 24.1 Å². The van der Waals surface area contributed by atoms with Crippen molar-refractivity contribution in [2.75, 3.05) is 0 Å². The fourth-order valence-electron chi connectivity index (χ4n) is 4.17. The van der Waals surface area contributed by atoms with Crippen LogP contribution in [0.25, 0.3) is 0 Å². The Bertz CT molecular complexity index is 533.